The molecule has 1 aliphatic heterocycles. The SMILES string of the molecule is O=C(NC1CCN(Cc2ccccc2)CC1)C1CC2C=CC1C2. The van der Waals surface area contributed by atoms with Gasteiger partial charge in [-0.15, -0.1) is 0 Å². The highest BCUT2D eigenvalue weighted by molar-refractivity contribution is 5.80. The summed E-state index contributed by atoms with van der Waals surface area (Å²) >= 11 is 0. The Balaban J connectivity index is 1.24. The zero-order valence-electron chi connectivity index (χ0n) is 13.7. The third-order valence-corrected chi connectivity index (χ3v) is 5.80. The van der Waals surface area contributed by atoms with Crippen molar-refractivity contribution in [1.82, 2.24) is 10.2 Å². The van der Waals surface area contributed by atoms with Crippen LogP contribution in [0.15, 0.2) is 42.5 Å². The minimum absolute atomic E-state index is 0.243. The van der Waals surface area contributed by atoms with Crippen molar-refractivity contribution in [2.75, 3.05) is 13.1 Å². The molecule has 1 aromatic rings. The van der Waals surface area contributed by atoms with Crippen LogP contribution in [-0.4, -0.2) is 29.9 Å². The van der Waals surface area contributed by atoms with Gasteiger partial charge < -0.3 is 5.32 Å². The molecule has 3 aliphatic rings. The van der Waals surface area contributed by atoms with Crippen molar-refractivity contribution in [2.24, 2.45) is 17.8 Å². The Labute approximate surface area is 138 Å². The highest BCUT2D eigenvalue weighted by atomic mass is 16.2. The van der Waals surface area contributed by atoms with Gasteiger partial charge in [0.2, 0.25) is 5.91 Å². The fraction of sp³-hybridized carbons (Fsp3) is 0.550. The standard InChI is InChI=1S/C20H26N2O/c23-20(19-13-16-6-7-17(19)12-16)21-18-8-10-22(11-9-18)14-15-4-2-1-3-5-15/h1-7,16-19H,8-14H2,(H,21,23). The number of hydrogen-bond acceptors (Lipinski definition) is 2. The molecule has 0 aromatic heterocycles. The minimum Gasteiger partial charge on any atom is -0.353 e. The van der Waals surface area contributed by atoms with Crippen LogP contribution >= 0.6 is 0 Å². The molecule has 3 nitrogen and oxygen atoms in total. The number of amides is 1. The van der Waals surface area contributed by atoms with E-state index in [0.717, 1.165) is 38.9 Å². The van der Waals surface area contributed by atoms with Gasteiger partial charge in [-0.2, -0.15) is 0 Å². The Hall–Kier alpha value is -1.61. The van der Waals surface area contributed by atoms with Gasteiger partial charge in [-0.1, -0.05) is 42.5 Å². The van der Waals surface area contributed by atoms with Crippen LogP contribution in [0.2, 0.25) is 0 Å². The van der Waals surface area contributed by atoms with Gasteiger partial charge in [0.1, 0.15) is 0 Å². The number of carbonyl (C=O) groups is 1. The lowest BCUT2D eigenvalue weighted by molar-refractivity contribution is -0.126. The molecule has 0 radical (unpaired) electrons. The van der Waals surface area contributed by atoms with Crippen molar-refractivity contribution in [3.05, 3.63) is 48.0 Å². The van der Waals surface area contributed by atoms with E-state index in [4.69, 9.17) is 0 Å². The number of likely N-dealkylation sites (tertiary alicyclic amines) is 1. The first-order chi connectivity index (χ1) is 11.3. The molecule has 0 spiro atoms. The van der Waals surface area contributed by atoms with Crippen LogP contribution in [0.1, 0.15) is 31.2 Å². The second kappa shape index (κ2) is 6.48. The van der Waals surface area contributed by atoms with E-state index in [1.165, 1.54) is 12.0 Å². The zero-order chi connectivity index (χ0) is 15.6. The lowest BCUT2D eigenvalue weighted by atomic mass is 9.92. The van der Waals surface area contributed by atoms with Gasteiger partial charge in [-0.3, -0.25) is 9.69 Å². The first-order valence-corrected chi connectivity index (χ1v) is 9.03. The fourth-order valence-electron chi connectivity index (χ4n) is 4.47. The number of nitrogens with one attached hydrogen (secondary N) is 1. The highest BCUT2D eigenvalue weighted by Gasteiger charge is 2.40. The lowest BCUT2D eigenvalue weighted by Gasteiger charge is -2.33. The molecule has 3 unspecified atom stereocenters. The predicted molar refractivity (Wildman–Crippen MR) is 91.7 cm³/mol. The average Bonchev–Trinajstić information content (AvgIpc) is 3.21. The molecule has 1 saturated carbocycles. The van der Waals surface area contributed by atoms with Gasteiger partial charge >= 0.3 is 0 Å². The average molecular weight is 310 g/mol. The van der Waals surface area contributed by atoms with Crippen molar-refractivity contribution in [2.45, 2.75) is 38.3 Å². The zero-order valence-corrected chi connectivity index (χ0v) is 13.7. The number of carbonyl (C=O) groups excluding carboxylic acids is 1. The van der Waals surface area contributed by atoms with Crippen LogP contribution in [0, 0.1) is 17.8 Å². The Bertz CT molecular complexity index is 575. The van der Waals surface area contributed by atoms with Crippen LogP contribution in [0.25, 0.3) is 0 Å². The van der Waals surface area contributed by atoms with E-state index < -0.39 is 0 Å². The van der Waals surface area contributed by atoms with E-state index in [0.29, 0.717) is 23.8 Å². The second-order valence-electron chi connectivity index (χ2n) is 7.43. The van der Waals surface area contributed by atoms with Crippen molar-refractivity contribution in [3.8, 4) is 0 Å². The van der Waals surface area contributed by atoms with Gasteiger partial charge in [0.05, 0.1) is 0 Å². The number of hydrogen-bond donors (Lipinski definition) is 1. The Morgan fingerprint density at radius 1 is 1.09 bits per heavy atom. The van der Waals surface area contributed by atoms with Crippen LogP contribution in [0.5, 0.6) is 0 Å². The van der Waals surface area contributed by atoms with Crippen molar-refractivity contribution in [3.63, 3.8) is 0 Å². The largest absolute Gasteiger partial charge is 0.353 e. The highest BCUT2D eigenvalue weighted by Crippen LogP contribution is 2.43. The summed E-state index contributed by atoms with van der Waals surface area (Å²) in [5, 5.41) is 3.33. The topological polar surface area (TPSA) is 32.3 Å². The summed E-state index contributed by atoms with van der Waals surface area (Å²) < 4.78 is 0. The number of nitrogens with zero attached hydrogens (tertiary/aromatic N) is 1. The van der Waals surface area contributed by atoms with Gasteiger partial charge in [-0.25, -0.2) is 0 Å². The van der Waals surface area contributed by atoms with E-state index in [1.807, 2.05) is 0 Å². The minimum atomic E-state index is 0.243. The van der Waals surface area contributed by atoms with Crippen molar-refractivity contribution >= 4 is 5.91 Å². The van der Waals surface area contributed by atoms with Gasteiger partial charge in [0.15, 0.2) is 0 Å². The predicted octanol–water partition coefficient (Wildman–Crippen LogP) is 2.98. The molecule has 3 heteroatoms. The molecule has 3 atom stereocenters. The first-order valence-electron chi connectivity index (χ1n) is 9.03. The van der Waals surface area contributed by atoms with Crippen LogP contribution in [0.3, 0.4) is 0 Å². The summed E-state index contributed by atoms with van der Waals surface area (Å²) in [5.74, 6) is 1.73. The third-order valence-electron chi connectivity index (χ3n) is 5.80. The quantitative estimate of drug-likeness (QED) is 0.867. The number of piperidine rings is 1. The monoisotopic (exact) mass is 310 g/mol. The number of rotatable bonds is 4. The Morgan fingerprint density at radius 3 is 2.52 bits per heavy atom. The van der Waals surface area contributed by atoms with Crippen LogP contribution in [0.4, 0.5) is 0 Å². The maximum atomic E-state index is 12.5. The Kier molecular flexibility index (Phi) is 4.21. The van der Waals surface area contributed by atoms with Gasteiger partial charge in [-0.05, 0) is 43.1 Å². The van der Waals surface area contributed by atoms with E-state index in [9.17, 15) is 4.79 Å². The molecule has 1 N–H and O–H groups in total. The van der Waals surface area contributed by atoms with E-state index in [2.05, 4.69) is 52.7 Å². The molecule has 1 saturated heterocycles. The van der Waals surface area contributed by atoms with Crippen molar-refractivity contribution < 1.29 is 4.79 Å². The summed E-state index contributed by atoms with van der Waals surface area (Å²) in [6, 6.07) is 11.0. The number of allylic oxidation sites excluding steroid dienone is 2. The molecule has 1 heterocycles. The molecular formula is C20H26N2O. The second-order valence-corrected chi connectivity index (χ2v) is 7.43. The summed E-state index contributed by atoms with van der Waals surface area (Å²) in [6.07, 6.45) is 9.00. The summed E-state index contributed by atoms with van der Waals surface area (Å²) in [7, 11) is 0. The molecule has 2 aliphatic carbocycles. The van der Waals surface area contributed by atoms with Gasteiger partial charge in [0, 0.05) is 31.6 Å². The number of benzene rings is 1. The third kappa shape index (κ3) is 3.35. The van der Waals surface area contributed by atoms with Crippen LogP contribution < -0.4 is 5.32 Å². The fourth-order valence-corrected chi connectivity index (χ4v) is 4.47. The lowest BCUT2D eigenvalue weighted by Crippen LogP contribution is -2.46. The van der Waals surface area contributed by atoms with E-state index >= 15 is 0 Å². The first kappa shape index (κ1) is 14.9. The molecule has 122 valence electrons. The summed E-state index contributed by atoms with van der Waals surface area (Å²) in [6.45, 7) is 3.19. The molecule has 1 aromatic carbocycles. The summed E-state index contributed by atoms with van der Waals surface area (Å²) in [4.78, 5) is 15.0. The van der Waals surface area contributed by atoms with Crippen molar-refractivity contribution in [1.29, 1.82) is 0 Å². The van der Waals surface area contributed by atoms with Gasteiger partial charge in [0.25, 0.3) is 0 Å². The maximum absolute atomic E-state index is 12.5. The number of fused-ring (bicyclic) bond motifs is 2. The molecule has 23 heavy (non-hydrogen) atoms. The molecule has 1 amide bonds. The molecular weight excluding hydrogens is 284 g/mol. The Morgan fingerprint density at radius 2 is 1.87 bits per heavy atom. The molecule has 2 fully saturated rings. The van der Waals surface area contributed by atoms with E-state index in [1.54, 1.807) is 0 Å². The normalized spacial score (nSPS) is 30.7. The van der Waals surface area contributed by atoms with Crippen LogP contribution in [-0.2, 0) is 11.3 Å². The van der Waals surface area contributed by atoms with E-state index in [-0.39, 0.29) is 5.92 Å². The maximum Gasteiger partial charge on any atom is 0.223 e. The summed E-state index contributed by atoms with van der Waals surface area (Å²) in [5.41, 5.74) is 1.38. The smallest absolute Gasteiger partial charge is 0.223 e. The molecule has 4 rings (SSSR count). The molecule has 2 bridgehead atoms.